The highest BCUT2D eigenvalue weighted by molar-refractivity contribution is 5.69. The molecule has 0 aromatic heterocycles. The minimum atomic E-state index is -0.357. The summed E-state index contributed by atoms with van der Waals surface area (Å²) in [6.45, 7) is 4.69. The highest BCUT2D eigenvalue weighted by atomic mass is 16.5. The zero-order chi connectivity index (χ0) is 14.3. The Morgan fingerprint density at radius 1 is 1.16 bits per heavy atom. The van der Waals surface area contributed by atoms with E-state index in [1.54, 1.807) is 0 Å². The smallest absolute Gasteiger partial charge is 0.305 e. The number of ether oxygens (including phenoxy) is 1. The topological polar surface area (TPSA) is 46.5 Å². The molecule has 3 nitrogen and oxygen atoms in total. The Morgan fingerprint density at radius 3 is 2.63 bits per heavy atom. The van der Waals surface area contributed by atoms with Gasteiger partial charge in [-0.1, -0.05) is 51.7 Å². The predicted molar refractivity (Wildman–Crippen MR) is 79.0 cm³/mol. The fourth-order valence-corrected chi connectivity index (χ4v) is 1.83. The molecule has 0 spiro atoms. The zero-order valence-corrected chi connectivity index (χ0v) is 12.6. The van der Waals surface area contributed by atoms with Gasteiger partial charge in [-0.3, -0.25) is 4.79 Å². The summed E-state index contributed by atoms with van der Waals surface area (Å²) >= 11 is 0. The summed E-state index contributed by atoms with van der Waals surface area (Å²) in [5, 5.41) is 9.72. The van der Waals surface area contributed by atoms with Gasteiger partial charge < -0.3 is 9.84 Å². The standard InChI is InChI=1S/C16H30O3/c1-3-5-7-9-11-15(17)12-13-16(18)19-14-10-8-6-4-2/h6,8,15,17H,3-5,7,9-14H2,1-2H3. The van der Waals surface area contributed by atoms with Crippen LogP contribution in [-0.2, 0) is 9.53 Å². The summed E-state index contributed by atoms with van der Waals surface area (Å²) in [5.41, 5.74) is 0. The van der Waals surface area contributed by atoms with Gasteiger partial charge in [-0.2, -0.15) is 0 Å². The molecule has 0 saturated carbocycles. The maximum Gasteiger partial charge on any atom is 0.305 e. The molecule has 0 bridgehead atoms. The van der Waals surface area contributed by atoms with Gasteiger partial charge in [0, 0.05) is 6.42 Å². The summed E-state index contributed by atoms with van der Waals surface area (Å²) in [7, 11) is 0. The van der Waals surface area contributed by atoms with Crippen LogP contribution in [0.15, 0.2) is 12.2 Å². The van der Waals surface area contributed by atoms with Crippen LogP contribution in [0.1, 0.15) is 71.6 Å². The Bertz CT molecular complexity index is 236. The molecule has 0 saturated heterocycles. The van der Waals surface area contributed by atoms with E-state index in [4.69, 9.17) is 4.74 Å². The van der Waals surface area contributed by atoms with Crippen LogP contribution in [0.4, 0.5) is 0 Å². The highest BCUT2D eigenvalue weighted by Gasteiger charge is 2.08. The predicted octanol–water partition coefficient (Wildman–Crippen LogP) is 4.00. The third-order valence-electron chi connectivity index (χ3n) is 3.02. The van der Waals surface area contributed by atoms with E-state index in [1.165, 1.54) is 19.3 Å². The van der Waals surface area contributed by atoms with Gasteiger partial charge in [-0.15, -0.1) is 0 Å². The lowest BCUT2D eigenvalue weighted by atomic mass is 10.1. The Labute approximate surface area is 118 Å². The number of hydrogen-bond acceptors (Lipinski definition) is 3. The molecule has 0 radical (unpaired) electrons. The van der Waals surface area contributed by atoms with Crippen molar-refractivity contribution in [1.82, 2.24) is 0 Å². The van der Waals surface area contributed by atoms with Crippen molar-refractivity contribution in [3.8, 4) is 0 Å². The van der Waals surface area contributed by atoms with E-state index in [1.807, 2.05) is 6.08 Å². The summed E-state index contributed by atoms with van der Waals surface area (Å²) in [5.74, 6) is -0.197. The van der Waals surface area contributed by atoms with Crippen LogP contribution >= 0.6 is 0 Å². The van der Waals surface area contributed by atoms with Gasteiger partial charge in [0.25, 0.3) is 0 Å². The second-order valence-electron chi connectivity index (χ2n) is 4.93. The molecule has 0 amide bonds. The number of aliphatic hydroxyl groups excluding tert-OH is 1. The molecule has 0 aliphatic carbocycles. The lowest BCUT2D eigenvalue weighted by Crippen LogP contribution is -2.12. The first-order valence-electron chi connectivity index (χ1n) is 7.69. The van der Waals surface area contributed by atoms with Gasteiger partial charge in [0.15, 0.2) is 0 Å². The minimum absolute atomic E-state index is 0.197. The van der Waals surface area contributed by atoms with E-state index in [2.05, 4.69) is 19.9 Å². The van der Waals surface area contributed by atoms with Crippen molar-refractivity contribution in [2.75, 3.05) is 6.61 Å². The SMILES string of the molecule is CCC=CCCOC(=O)CCC(O)CCCCCC. The molecule has 0 aromatic carbocycles. The first-order chi connectivity index (χ1) is 9.20. The first kappa shape index (κ1) is 18.2. The van der Waals surface area contributed by atoms with Gasteiger partial charge in [0.1, 0.15) is 0 Å². The lowest BCUT2D eigenvalue weighted by molar-refractivity contribution is -0.144. The van der Waals surface area contributed by atoms with Crippen LogP contribution in [0.2, 0.25) is 0 Å². The highest BCUT2D eigenvalue weighted by Crippen LogP contribution is 2.10. The van der Waals surface area contributed by atoms with E-state index in [0.29, 0.717) is 19.4 Å². The first-order valence-corrected chi connectivity index (χ1v) is 7.69. The molecule has 0 aliphatic heterocycles. The summed E-state index contributed by atoms with van der Waals surface area (Å²) in [6, 6.07) is 0. The average Bonchev–Trinajstić information content (AvgIpc) is 2.41. The second-order valence-corrected chi connectivity index (χ2v) is 4.93. The van der Waals surface area contributed by atoms with E-state index in [9.17, 15) is 9.90 Å². The number of esters is 1. The molecule has 1 N–H and O–H groups in total. The van der Waals surface area contributed by atoms with E-state index < -0.39 is 0 Å². The third kappa shape index (κ3) is 13.4. The van der Waals surface area contributed by atoms with Crippen LogP contribution in [0, 0.1) is 0 Å². The van der Waals surface area contributed by atoms with Crippen LogP contribution in [-0.4, -0.2) is 23.8 Å². The van der Waals surface area contributed by atoms with Crippen LogP contribution in [0.25, 0.3) is 0 Å². The number of carbonyl (C=O) groups is 1. The maximum absolute atomic E-state index is 11.4. The van der Waals surface area contributed by atoms with Crippen molar-refractivity contribution < 1.29 is 14.6 Å². The fraction of sp³-hybridized carbons (Fsp3) is 0.812. The third-order valence-corrected chi connectivity index (χ3v) is 3.02. The van der Waals surface area contributed by atoms with Crippen molar-refractivity contribution >= 4 is 5.97 Å². The molecule has 0 fully saturated rings. The molecular weight excluding hydrogens is 240 g/mol. The van der Waals surface area contributed by atoms with Crippen molar-refractivity contribution in [1.29, 1.82) is 0 Å². The van der Waals surface area contributed by atoms with Gasteiger partial charge in [0.2, 0.25) is 0 Å². The molecule has 19 heavy (non-hydrogen) atoms. The second kappa shape index (κ2) is 13.6. The fourth-order valence-electron chi connectivity index (χ4n) is 1.83. The number of aliphatic hydroxyl groups is 1. The average molecular weight is 270 g/mol. The van der Waals surface area contributed by atoms with Gasteiger partial charge >= 0.3 is 5.97 Å². The molecule has 0 heterocycles. The largest absolute Gasteiger partial charge is 0.465 e. The van der Waals surface area contributed by atoms with Gasteiger partial charge in [-0.05, 0) is 25.7 Å². The Morgan fingerprint density at radius 2 is 1.95 bits per heavy atom. The summed E-state index contributed by atoms with van der Waals surface area (Å²) in [4.78, 5) is 11.4. The van der Waals surface area contributed by atoms with Crippen LogP contribution < -0.4 is 0 Å². The van der Waals surface area contributed by atoms with Crippen LogP contribution in [0.5, 0.6) is 0 Å². The zero-order valence-electron chi connectivity index (χ0n) is 12.6. The summed E-state index contributed by atoms with van der Waals surface area (Å²) < 4.78 is 5.08. The normalized spacial score (nSPS) is 12.8. The minimum Gasteiger partial charge on any atom is -0.465 e. The molecule has 0 aromatic rings. The molecule has 1 atom stereocenters. The molecule has 3 heteroatoms. The van der Waals surface area contributed by atoms with E-state index in [0.717, 1.165) is 25.7 Å². The number of allylic oxidation sites excluding steroid dienone is 1. The maximum atomic E-state index is 11.4. The van der Waals surface area contributed by atoms with Gasteiger partial charge in [-0.25, -0.2) is 0 Å². The Kier molecular flexibility index (Phi) is 13.0. The number of rotatable bonds is 12. The van der Waals surface area contributed by atoms with Crippen molar-refractivity contribution in [2.24, 2.45) is 0 Å². The van der Waals surface area contributed by atoms with Gasteiger partial charge in [0.05, 0.1) is 12.7 Å². The Hall–Kier alpha value is -0.830. The van der Waals surface area contributed by atoms with Crippen molar-refractivity contribution in [3.05, 3.63) is 12.2 Å². The number of hydrogen-bond donors (Lipinski definition) is 1. The Balaban J connectivity index is 3.42. The number of carbonyl (C=O) groups excluding carboxylic acids is 1. The molecule has 0 aliphatic rings. The van der Waals surface area contributed by atoms with E-state index in [-0.39, 0.29) is 12.1 Å². The molecule has 0 rings (SSSR count). The molecular formula is C16H30O3. The lowest BCUT2D eigenvalue weighted by Gasteiger charge is -2.09. The monoisotopic (exact) mass is 270 g/mol. The van der Waals surface area contributed by atoms with Crippen molar-refractivity contribution in [2.45, 2.75) is 77.7 Å². The summed E-state index contributed by atoms with van der Waals surface area (Å²) in [6.07, 6.45) is 11.8. The molecule has 112 valence electrons. The molecule has 1 unspecified atom stereocenters. The van der Waals surface area contributed by atoms with E-state index >= 15 is 0 Å². The number of unbranched alkanes of at least 4 members (excludes halogenated alkanes) is 3. The van der Waals surface area contributed by atoms with Crippen LogP contribution in [0.3, 0.4) is 0 Å². The quantitative estimate of drug-likeness (QED) is 0.331. The van der Waals surface area contributed by atoms with Crippen molar-refractivity contribution in [3.63, 3.8) is 0 Å².